The van der Waals surface area contributed by atoms with Crippen LogP contribution in [0.1, 0.15) is 32.3 Å². The molecule has 6 nitrogen and oxygen atoms in total. The van der Waals surface area contributed by atoms with Gasteiger partial charge in [-0.2, -0.15) is 0 Å². The number of nitrogens with zero attached hydrogens (tertiary/aromatic N) is 4. The van der Waals surface area contributed by atoms with E-state index in [0.717, 1.165) is 50.1 Å². The van der Waals surface area contributed by atoms with Crippen molar-refractivity contribution in [2.75, 3.05) is 44.2 Å². The molecule has 29 heavy (non-hydrogen) atoms. The quantitative estimate of drug-likeness (QED) is 0.744. The summed E-state index contributed by atoms with van der Waals surface area (Å²) in [5, 5.41) is 3.11. The summed E-state index contributed by atoms with van der Waals surface area (Å²) in [5.74, 6) is 0.862. The van der Waals surface area contributed by atoms with Crippen molar-refractivity contribution in [2.45, 2.75) is 33.6 Å². The van der Waals surface area contributed by atoms with Crippen LogP contribution in [0.4, 0.5) is 5.95 Å². The fourth-order valence-corrected chi connectivity index (χ4v) is 3.77. The number of hydrogen-bond acceptors (Lipinski definition) is 5. The average molecular weight is 396 g/mol. The van der Waals surface area contributed by atoms with Crippen LogP contribution in [0.15, 0.2) is 36.7 Å². The predicted molar refractivity (Wildman–Crippen MR) is 118 cm³/mol. The number of likely N-dealkylation sites (N-methyl/N-ethyl adjacent to an activating group) is 1. The zero-order valence-electron chi connectivity index (χ0n) is 17.9. The van der Waals surface area contributed by atoms with E-state index >= 15 is 0 Å². The van der Waals surface area contributed by atoms with Crippen molar-refractivity contribution in [1.29, 1.82) is 0 Å². The minimum absolute atomic E-state index is 0.000767. The second kappa shape index (κ2) is 10.3. The summed E-state index contributed by atoms with van der Waals surface area (Å²) in [6.45, 7) is 11.6. The molecule has 0 radical (unpaired) electrons. The number of rotatable bonds is 8. The Morgan fingerprint density at radius 3 is 2.48 bits per heavy atom. The van der Waals surface area contributed by atoms with Crippen molar-refractivity contribution in [2.24, 2.45) is 5.92 Å². The summed E-state index contributed by atoms with van der Waals surface area (Å²) in [4.78, 5) is 26.2. The number of carbonyl (C=O) groups is 1. The first-order chi connectivity index (χ1) is 14.1. The van der Waals surface area contributed by atoms with Gasteiger partial charge in [0, 0.05) is 44.1 Å². The maximum Gasteiger partial charge on any atom is 0.225 e. The molecule has 2 aromatic rings. The maximum absolute atomic E-state index is 12.6. The van der Waals surface area contributed by atoms with Crippen LogP contribution in [0.5, 0.6) is 0 Å². The molecule has 1 N–H and O–H groups in total. The van der Waals surface area contributed by atoms with E-state index in [0.29, 0.717) is 19.0 Å². The highest BCUT2D eigenvalue weighted by atomic mass is 16.1. The summed E-state index contributed by atoms with van der Waals surface area (Å²) < 4.78 is 0. The number of amides is 1. The highest BCUT2D eigenvalue weighted by molar-refractivity contribution is 5.79. The Bertz CT molecular complexity index is 771. The molecule has 1 aliphatic rings. The predicted octanol–water partition coefficient (Wildman–Crippen LogP) is 3.13. The van der Waals surface area contributed by atoms with Crippen LogP contribution in [0.25, 0.3) is 11.1 Å². The molecule has 0 aliphatic carbocycles. The van der Waals surface area contributed by atoms with Crippen LogP contribution in [0.2, 0.25) is 0 Å². The Hall–Kier alpha value is -2.47. The first-order valence-electron chi connectivity index (χ1n) is 10.7. The number of nitrogens with one attached hydrogen (secondary N) is 1. The van der Waals surface area contributed by atoms with Crippen LogP contribution in [0, 0.1) is 12.8 Å². The molecule has 0 spiro atoms. The Balaban J connectivity index is 1.56. The molecule has 2 heterocycles. The molecule has 1 aromatic carbocycles. The molecule has 156 valence electrons. The van der Waals surface area contributed by atoms with Gasteiger partial charge in [0.25, 0.3) is 0 Å². The van der Waals surface area contributed by atoms with Crippen LogP contribution in [-0.2, 0) is 4.79 Å². The molecule has 1 unspecified atom stereocenters. The molecule has 0 bridgehead atoms. The van der Waals surface area contributed by atoms with Crippen LogP contribution >= 0.6 is 0 Å². The summed E-state index contributed by atoms with van der Waals surface area (Å²) in [6.07, 6.45) is 5.66. The van der Waals surface area contributed by atoms with E-state index in [1.54, 1.807) is 0 Å². The maximum atomic E-state index is 12.6. The zero-order chi connectivity index (χ0) is 20.6. The molecular weight excluding hydrogens is 362 g/mol. The van der Waals surface area contributed by atoms with Gasteiger partial charge in [0.1, 0.15) is 0 Å². The summed E-state index contributed by atoms with van der Waals surface area (Å²) in [7, 11) is 0. The van der Waals surface area contributed by atoms with Gasteiger partial charge in [-0.05, 0) is 38.4 Å². The second-order valence-electron chi connectivity index (χ2n) is 7.74. The molecule has 1 saturated heterocycles. The van der Waals surface area contributed by atoms with E-state index in [9.17, 15) is 4.79 Å². The molecule has 1 atom stereocenters. The fourth-order valence-electron chi connectivity index (χ4n) is 3.77. The van der Waals surface area contributed by atoms with Gasteiger partial charge < -0.3 is 15.1 Å². The lowest BCUT2D eigenvalue weighted by molar-refractivity contribution is -0.125. The Morgan fingerprint density at radius 1 is 1.14 bits per heavy atom. The largest absolute Gasteiger partial charge is 0.355 e. The van der Waals surface area contributed by atoms with Crippen LogP contribution in [0.3, 0.4) is 0 Å². The van der Waals surface area contributed by atoms with Gasteiger partial charge in [0.05, 0.1) is 5.92 Å². The Labute approximate surface area is 174 Å². The minimum Gasteiger partial charge on any atom is -0.355 e. The van der Waals surface area contributed by atoms with Crippen LogP contribution < -0.4 is 10.2 Å². The number of benzene rings is 1. The van der Waals surface area contributed by atoms with Crippen molar-refractivity contribution in [3.8, 4) is 11.1 Å². The van der Waals surface area contributed by atoms with Crippen LogP contribution in [-0.4, -0.2) is 60.0 Å². The van der Waals surface area contributed by atoms with Gasteiger partial charge in [0.15, 0.2) is 0 Å². The number of anilines is 1. The standard InChI is InChI=1S/C23H33N5O/c1-4-27(5-2)14-12-24-22(29)20-7-6-13-28(17-20)23-25-15-21(16-26-23)19-10-8-18(3)9-11-19/h8-11,15-16,20H,4-7,12-14,17H2,1-3H3,(H,24,29). The third kappa shape index (κ3) is 5.76. The molecule has 0 saturated carbocycles. The van der Waals surface area contributed by atoms with Crippen molar-refractivity contribution >= 4 is 11.9 Å². The molecular formula is C23H33N5O. The lowest BCUT2D eigenvalue weighted by Gasteiger charge is -2.32. The SMILES string of the molecule is CCN(CC)CCNC(=O)C1CCCN(c2ncc(-c3ccc(C)cc3)cn2)C1. The van der Waals surface area contributed by atoms with E-state index in [2.05, 4.69) is 70.1 Å². The monoisotopic (exact) mass is 395 g/mol. The van der Waals surface area contributed by atoms with Gasteiger partial charge in [-0.15, -0.1) is 0 Å². The summed E-state index contributed by atoms with van der Waals surface area (Å²) in [6, 6.07) is 8.37. The van der Waals surface area contributed by atoms with E-state index in [-0.39, 0.29) is 11.8 Å². The Morgan fingerprint density at radius 2 is 1.83 bits per heavy atom. The number of carbonyl (C=O) groups excluding carboxylic acids is 1. The third-order valence-electron chi connectivity index (χ3n) is 5.72. The molecule has 1 amide bonds. The lowest BCUT2D eigenvalue weighted by atomic mass is 9.97. The van der Waals surface area contributed by atoms with Gasteiger partial charge >= 0.3 is 0 Å². The molecule has 1 fully saturated rings. The van der Waals surface area contributed by atoms with Crippen molar-refractivity contribution in [3.05, 3.63) is 42.2 Å². The average Bonchev–Trinajstić information content (AvgIpc) is 2.77. The first kappa shape index (κ1) is 21.2. The van der Waals surface area contributed by atoms with E-state index < -0.39 is 0 Å². The van der Waals surface area contributed by atoms with Crippen molar-refractivity contribution in [1.82, 2.24) is 20.2 Å². The normalized spacial score (nSPS) is 16.8. The Kier molecular flexibility index (Phi) is 7.58. The molecule has 1 aromatic heterocycles. The van der Waals surface area contributed by atoms with Gasteiger partial charge in [-0.3, -0.25) is 4.79 Å². The highest BCUT2D eigenvalue weighted by Crippen LogP contribution is 2.23. The topological polar surface area (TPSA) is 61.4 Å². The molecule has 6 heteroatoms. The van der Waals surface area contributed by atoms with Gasteiger partial charge in [-0.25, -0.2) is 9.97 Å². The number of hydrogen-bond donors (Lipinski definition) is 1. The van der Waals surface area contributed by atoms with E-state index in [4.69, 9.17) is 0 Å². The summed E-state index contributed by atoms with van der Waals surface area (Å²) in [5.41, 5.74) is 3.36. The number of aryl methyl sites for hydroxylation is 1. The first-order valence-corrected chi connectivity index (χ1v) is 10.7. The highest BCUT2D eigenvalue weighted by Gasteiger charge is 2.27. The van der Waals surface area contributed by atoms with Crippen molar-refractivity contribution < 1.29 is 4.79 Å². The van der Waals surface area contributed by atoms with E-state index in [1.807, 2.05) is 12.4 Å². The number of piperidine rings is 1. The number of aromatic nitrogens is 2. The lowest BCUT2D eigenvalue weighted by Crippen LogP contribution is -2.45. The van der Waals surface area contributed by atoms with Gasteiger partial charge in [0.2, 0.25) is 11.9 Å². The smallest absolute Gasteiger partial charge is 0.225 e. The molecule has 1 aliphatic heterocycles. The van der Waals surface area contributed by atoms with E-state index in [1.165, 1.54) is 5.56 Å². The fraction of sp³-hybridized carbons (Fsp3) is 0.522. The summed E-state index contributed by atoms with van der Waals surface area (Å²) >= 11 is 0. The van der Waals surface area contributed by atoms with Gasteiger partial charge in [-0.1, -0.05) is 43.7 Å². The zero-order valence-corrected chi connectivity index (χ0v) is 17.9. The second-order valence-corrected chi connectivity index (χ2v) is 7.74. The molecule has 3 rings (SSSR count). The van der Waals surface area contributed by atoms with Crippen molar-refractivity contribution in [3.63, 3.8) is 0 Å². The minimum atomic E-state index is 0.000767. The third-order valence-corrected chi connectivity index (χ3v) is 5.72.